The molecule has 0 aromatic heterocycles. The van der Waals surface area contributed by atoms with Crippen molar-refractivity contribution in [2.75, 3.05) is 19.0 Å². The van der Waals surface area contributed by atoms with Gasteiger partial charge in [0.05, 0.1) is 5.76 Å². The van der Waals surface area contributed by atoms with Crippen molar-refractivity contribution in [2.45, 2.75) is 20.3 Å². The van der Waals surface area contributed by atoms with Gasteiger partial charge in [0.25, 0.3) is 0 Å². The van der Waals surface area contributed by atoms with E-state index in [9.17, 15) is 0 Å². The van der Waals surface area contributed by atoms with Crippen molar-refractivity contribution in [1.29, 1.82) is 0 Å². The van der Waals surface area contributed by atoms with Crippen LogP contribution in [-0.2, 0) is 4.74 Å². The number of anilines is 1. The molecule has 1 aromatic rings. The highest BCUT2D eigenvalue weighted by Gasteiger charge is 2.06. The molecule has 2 rings (SSSR count). The van der Waals surface area contributed by atoms with Crippen molar-refractivity contribution < 1.29 is 4.74 Å². The Hall–Kier alpha value is -1.96. The van der Waals surface area contributed by atoms with Gasteiger partial charge in [-0.25, -0.2) is 0 Å². The third kappa shape index (κ3) is 3.50. The van der Waals surface area contributed by atoms with Gasteiger partial charge in [-0.15, -0.1) is 0 Å². The van der Waals surface area contributed by atoms with E-state index >= 15 is 0 Å². The summed E-state index contributed by atoms with van der Waals surface area (Å²) in [5.74, 6) is 1.95. The Kier molecular flexibility index (Phi) is 4.10. The standard InChI is InChI=1S/C17H21NO/c1-13-5-6-14(2)19-17(13)12-9-15-7-10-16(11-8-15)18(3)4/h6-12H,5H2,1-4H3. The molecule has 0 bridgehead atoms. The van der Waals surface area contributed by atoms with E-state index in [2.05, 4.69) is 54.3 Å². The molecule has 0 fully saturated rings. The SMILES string of the molecule is CC1=CCC(C)=C(C=Cc2ccc(N(C)C)cc2)O1. The Labute approximate surface area is 115 Å². The van der Waals surface area contributed by atoms with E-state index in [-0.39, 0.29) is 0 Å². The molecular formula is C17H21NO. The second-order valence-corrected chi connectivity index (χ2v) is 5.08. The fourth-order valence-corrected chi connectivity index (χ4v) is 1.93. The third-order valence-electron chi connectivity index (χ3n) is 3.22. The molecule has 0 aliphatic carbocycles. The minimum atomic E-state index is 0.969. The van der Waals surface area contributed by atoms with Crippen LogP contribution < -0.4 is 4.90 Å². The van der Waals surface area contributed by atoms with E-state index < -0.39 is 0 Å². The average Bonchev–Trinajstić information content (AvgIpc) is 2.40. The van der Waals surface area contributed by atoms with Gasteiger partial charge in [-0.2, -0.15) is 0 Å². The molecule has 1 heterocycles. The van der Waals surface area contributed by atoms with E-state index in [4.69, 9.17) is 4.74 Å². The summed E-state index contributed by atoms with van der Waals surface area (Å²) in [7, 11) is 4.09. The first-order valence-electron chi connectivity index (χ1n) is 6.56. The lowest BCUT2D eigenvalue weighted by Gasteiger charge is -2.15. The molecule has 0 unspecified atom stereocenters. The topological polar surface area (TPSA) is 12.5 Å². The second kappa shape index (κ2) is 5.79. The van der Waals surface area contributed by atoms with Crippen LogP contribution in [-0.4, -0.2) is 14.1 Å². The first kappa shape index (κ1) is 13.5. The van der Waals surface area contributed by atoms with Crippen LogP contribution in [0.1, 0.15) is 25.8 Å². The maximum Gasteiger partial charge on any atom is 0.126 e. The summed E-state index contributed by atoms with van der Waals surface area (Å²) >= 11 is 0. The van der Waals surface area contributed by atoms with Crippen LogP contribution in [0.4, 0.5) is 5.69 Å². The Morgan fingerprint density at radius 2 is 1.74 bits per heavy atom. The van der Waals surface area contributed by atoms with E-state index in [1.807, 2.05) is 21.0 Å². The van der Waals surface area contributed by atoms with Gasteiger partial charge < -0.3 is 9.64 Å². The van der Waals surface area contributed by atoms with Gasteiger partial charge in [0.15, 0.2) is 0 Å². The fraction of sp³-hybridized carbons (Fsp3) is 0.294. The molecule has 1 aliphatic rings. The molecule has 100 valence electrons. The minimum Gasteiger partial charge on any atom is -0.462 e. The number of rotatable bonds is 3. The number of hydrogen-bond acceptors (Lipinski definition) is 2. The predicted molar refractivity (Wildman–Crippen MR) is 82.0 cm³/mol. The smallest absolute Gasteiger partial charge is 0.126 e. The Morgan fingerprint density at radius 1 is 1.05 bits per heavy atom. The molecule has 0 saturated heterocycles. The van der Waals surface area contributed by atoms with Crippen LogP contribution in [0, 0.1) is 0 Å². The lowest BCUT2D eigenvalue weighted by atomic mass is 10.1. The molecule has 1 aliphatic heterocycles. The van der Waals surface area contributed by atoms with Crippen molar-refractivity contribution >= 4 is 11.8 Å². The fourth-order valence-electron chi connectivity index (χ4n) is 1.93. The van der Waals surface area contributed by atoms with Crippen molar-refractivity contribution in [3.05, 3.63) is 59.1 Å². The average molecular weight is 255 g/mol. The van der Waals surface area contributed by atoms with Crippen molar-refractivity contribution in [3.63, 3.8) is 0 Å². The van der Waals surface area contributed by atoms with Gasteiger partial charge in [0.2, 0.25) is 0 Å². The van der Waals surface area contributed by atoms with Crippen LogP contribution in [0.15, 0.2) is 53.5 Å². The molecule has 0 atom stereocenters. The molecular weight excluding hydrogens is 234 g/mol. The normalized spacial score (nSPS) is 15.5. The van der Waals surface area contributed by atoms with Crippen molar-refractivity contribution in [3.8, 4) is 0 Å². The number of allylic oxidation sites excluding steroid dienone is 4. The zero-order valence-corrected chi connectivity index (χ0v) is 12.1. The molecule has 0 radical (unpaired) electrons. The van der Waals surface area contributed by atoms with E-state index in [0.717, 1.165) is 17.9 Å². The molecule has 0 spiro atoms. The van der Waals surface area contributed by atoms with E-state index in [1.165, 1.54) is 16.8 Å². The number of nitrogens with zero attached hydrogens (tertiary/aromatic N) is 1. The summed E-state index contributed by atoms with van der Waals surface area (Å²) in [6.45, 7) is 4.10. The van der Waals surface area contributed by atoms with E-state index in [0.29, 0.717) is 0 Å². The largest absolute Gasteiger partial charge is 0.462 e. The molecule has 1 aromatic carbocycles. The molecule has 0 N–H and O–H groups in total. The third-order valence-corrected chi connectivity index (χ3v) is 3.22. The van der Waals surface area contributed by atoms with Gasteiger partial charge >= 0.3 is 0 Å². The number of benzene rings is 1. The summed E-state index contributed by atoms with van der Waals surface area (Å²) in [4.78, 5) is 2.10. The summed E-state index contributed by atoms with van der Waals surface area (Å²) in [6, 6.07) is 8.47. The predicted octanol–water partition coefficient (Wildman–Crippen LogP) is 4.36. The summed E-state index contributed by atoms with van der Waals surface area (Å²) in [5, 5.41) is 0. The van der Waals surface area contributed by atoms with Crippen LogP contribution in [0.2, 0.25) is 0 Å². The molecule has 2 nitrogen and oxygen atoms in total. The highest BCUT2D eigenvalue weighted by atomic mass is 16.5. The molecule has 19 heavy (non-hydrogen) atoms. The maximum absolute atomic E-state index is 5.73. The zero-order chi connectivity index (χ0) is 13.8. The van der Waals surface area contributed by atoms with Crippen LogP contribution in [0.25, 0.3) is 6.08 Å². The lowest BCUT2D eigenvalue weighted by Crippen LogP contribution is -2.07. The second-order valence-electron chi connectivity index (χ2n) is 5.08. The van der Waals surface area contributed by atoms with Crippen LogP contribution in [0.5, 0.6) is 0 Å². The Bertz CT molecular complexity index is 533. The quantitative estimate of drug-likeness (QED) is 0.795. The highest BCUT2D eigenvalue weighted by Crippen LogP contribution is 2.23. The van der Waals surface area contributed by atoms with Gasteiger partial charge in [0.1, 0.15) is 5.76 Å². The Morgan fingerprint density at radius 3 is 2.37 bits per heavy atom. The van der Waals surface area contributed by atoms with Crippen LogP contribution in [0.3, 0.4) is 0 Å². The van der Waals surface area contributed by atoms with Gasteiger partial charge in [-0.05, 0) is 55.7 Å². The number of ether oxygens (including phenoxy) is 1. The lowest BCUT2D eigenvalue weighted by molar-refractivity contribution is 0.308. The first-order chi connectivity index (χ1) is 9.06. The molecule has 0 saturated carbocycles. The van der Waals surface area contributed by atoms with Crippen molar-refractivity contribution in [1.82, 2.24) is 0 Å². The van der Waals surface area contributed by atoms with E-state index in [1.54, 1.807) is 0 Å². The summed E-state index contributed by atoms with van der Waals surface area (Å²) < 4.78 is 5.73. The molecule has 0 amide bonds. The maximum atomic E-state index is 5.73. The van der Waals surface area contributed by atoms with Gasteiger partial charge in [-0.1, -0.05) is 18.2 Å². The minimum absolute atomic E-state index is 0.969. The zero-order valence-electron chi connectivity index (χ0n) is 12.1. The monoisotopic (exact) mass is 255 g/mol. The molecule has 2 heteroatoms. The van der Waals surface area contributed by atoms with Gasteiger partial charge in [0, 0.05) is 19.8 Å². The summed E-state index contributed by atoms with van der Waals surface area (Å²) in [5.41, 5.74) is 3.66. The van der Waals surface area contributed by atoms with Crippen molar-refractivity contribution in [2.24, 2.45) is 0 Å². The van der Waals surface area contributed by atoms with Crippen LogP contribution >= 0.6 is 0 Å². The number of hydrogen-bond donors (Lipinski definition) is 0. The Balaban J connectivity index is 2.10. The summed E-state index contributed by atoms with van der Waals surface area (Å²) in [6.07, 6.45) is 7.23. The first-order valence-corrected chi connectivity index (χ1v) is 6.56. The van der Waals surface area contributed by atoms with Gasteiger partial charge in [-0.3, -0.25) is 0 Å². The highest BCUT2D eigenvalue weighted by molar-refractivity contribution is 5.57.